The molecule has 6 heteroatoms. The normalized spacial score (nSPS) is 10.4. The van der Waals surface area contributed by atoms with Crippen LogP contribution in [0.5, 0.6) is 17.2 Å². The predicted octanol–water partition coefficient (Wildman–Crippen LogP) is 2.23. The smallest absolute Gasteiger partial charge is 0.234 e. The fourth-order valence-electron chi connectivity index (χ4n) is 2.34. The second kappa shape index (κ2) is 9.82. The summed E-state index contributed by atoms with van der Waals surface area (Å²) >= 11 is 0. The van der Waals surface area contributed by atoms with Crippen molar-refractivity contribution in [1.29, 1.82) is 0 Å². The van der Waals surface area contributed by atoms with E-state index in [9.17, 15) is 4.79 Å². The number of amides is 1. The molecule has 0 aromatic heterocycles. The molecule has 134 valence electrons. The highest BCUT2D eigenvalue weighted by atomic mass is 16.5. The molecule has 0 heterocycles. The Balaban J connectivity index is 2.75. The molecule has 1 amide bonds. The van der Waals surface area contributed by atoms with Crippen LogP contribution in [0.2, 0.25) is 0 Å². The average molecular weight is 336 g/mol. The van der Waals surface area contributed by atoms with Crippen molar-refractivity contribution in [2.45, 2.75) is 20.4 Å². The van der Waals surface area contributed by atoms with Crippen molar-refractivity contribution in [2.24, 2.45) is 0 Å². The molecule has 0 atom stereocenters. The fourth-order valence-corrected chi connectivity index (χ4v) is 2.34. The number of methoxy groups -OCH3 is 3. The highest BCUT2D eigenvalue weighted by Crippen LogP contribution is 2.34. The third-order valence-corrected chi connectivity index (χ3v) is 3.57. The monoisotopic (exact) mass is 336 g/mol. The molecule has 0 aliphatic heterocycles. The van der Waals surface area contributed by atoms with Crippen LogP contribution in [-0.2, 0) is 11.3 Å². The van der Waals surface area contributed by atoms with E-state index in [-0.39, 0.29) is 5.91 Å². The third kappa shape index (κ3) is 5.77. The summed E-state index contributed by atoms with van der Waals surface area (Å²) in [5.41, 5.74) is 1.86. The molecule has 0 aliphatic rings. The van der Waals surface area contributed by atoms with E-state index in [0.29, 0.717) is 36.9 Å². The van der Waals surface area contributed by atoms with Crippen molar-refractivity contribution in [3.8, 4) is 17.2 Å². The van der Waals surface area contributed by atoms with Gasteiger partial charge >= 0.3 is 0 Å². The van der Waals surface area contributed by atoms with Gasteiger partial charge < -0.3 is 19.5 Å². The van der Waals surface area contributed by atoms with E-state index >= 15 is 0 Å². The highest BCUT2D eigenvalue weighted by Gasteiger charge is 2.14. The van der Waals surface area contributed by atoms with Gasteiger partial charge in [-0.15, -0.1) is 0 Å². The lowest BCUT2D eigenvalue weighted by Crippen LogP contribution is -2.37. The summed E-state index contributed by atoms with van der Waals surface area (Å²) in [6.45, 7) is 10.1. The topological polar surface area (TPSA) is 60.0 Å². The Morgan fingerprint density at radius 1 is 1.08 bits per heavy atom. The van der Waals surface area contributed by atoms with E-state index in [2.05, 4.69) is 11.9 Å². The van der Waals surface area contributed by atoms with Gasteiger partial charge in [-0.3, -0.25) is 9.69 Å². The highest BCUT2D eigenvalue weighted by molar-refractivity contribution is 5.78. The molecule has 0 spiro atoms. The van der Waals surface area contributed by atoms with E-state index < -0.39 is 0 Å². The van der Waals surface area contributed by atoms with Crippen LogP contribution >= 0.6 is 0 Å². The van der Waals surface area contributed by atoms with Gasteiger partial charge in [0.25, 0.3) is 0 Å². The molecule has 24 heavy (non-hydrogen) atoms. The van der Waals surface area contributed by atoms with E-state index in [1.807, 2.05) is 24.8 Å². The molecule has 0 radical (unpaired) electrons. The summed E-state index contributed by atoms with van der Waals surface area (Å²) in [5, 5.41) is 2.91. The Labute approximate surface area is 144 Å². The van der Waals surface area contributed by atoms with Crippen LogP contribution < -0.4 is 19.5 Å². The standard InChI is InChI=1S/C18H28N2O4/c1-7-20(11-13(2)3)12-18(21)19-10-14-8-16(23-5)17(24-6)9-15(14)22-4/h8-9H,2,7,10-12H2,1,3-6H3,(H,19,21). The van der Waals surface area contributed by atoms with Gasteiger partial charge in [0.15, 0.2) is 11.5 Å². The van der Waals surface area contributed by atoms with Crippen LogP contribution in [0.15, 0.2) is 24.3 Å². The molecule has 6 nitrogen and oxygen atoms in total. The van der Waals surface area contributed by atoms with Crippen molar-refractivity contribution in [1.82, 2.24) is 10.2 Å². The van der Waals surface area contributed by atoms with Crippen molar-refractivity contribution in [2.75, 3.05) is 41.0 Å². The number of rotatable bonds is 10. The molecular formula is C18H28N2O4. The molecule has 0 bridgehead atoms. The van der Waals surface area contributed by atoms with E-state index in [0.717, 1.165) is 17.7 Å². The number of ether oxygens (including phenoxy) is 3. The molecular weight excluding hydrogens is 308 g/mol. The summed E-state index contributed by atoms with van der Waals surface area (Å²) in [6.07, 6.45) is 0. The first kappa shape index (κ1) is 19.8. The van der Waals surface area contributed by atoms with E-state index in [1.54, 1.807) is 27.4 Å². The quantitative estimate of drug-likeness (QED) is 0.664. The molecule has 0 aliphatic carbocycles. The van der Waals surface area contributed by atoms with Crippen molar-refractivity contribution in [3.63, 3.8) is 0 Å². The lowest BCUT2D eigenvalue weighted by Gasteiger charge is -2.20. The van der Waals surface area contributed by atoms with Gasteiger partial charge in [0.2, 0.25) is 5.91 Å². The Hall–Kier alpha value is -2.21. The Kier molecular flexibility index (Phi) is 8.12. The second-order valence-corrected chi connectivity index (χ2v) is 5.56. The van der Waals surface area contributed by atoms with Crippen LogP contribution in [0.1, 0.15) is 19.4 Å². The predicted molar refractivity (Wildman–Crippen MR) is 94.9 cm³/mol. The maximum atomic E-state index is 12.2. The Morgan fingerprint density at radius 3 is 2.17 bits per heavy atom. The lowest BCUT2D eigenvalue weighted by molar-refractivity contribution is -0.122. The fraction of sp³-hybridized carbons (Fsp3) is 0.500. The minimum Gasteiger partial charge on any atom is -0.496 e. The maximum Gasteiger partial charge on any atom is 0.234 e. The third-order valence-electron chi connectivity index (χ3n) is 3.57. The van der Waals surface area contributed by atoms with Gasteiger partial charge in [0.05, 0.1) is 27.9 Å². The molecule has 0 saturated heterocycles. The number of carbonyl (C=O) groups excluding carboxylic acids is 1. The first-order valence-electron chi connectivity index (χ1n) is 7.87. The lowest BCUT2D eigenvalue weighted by atomic mass is 10.1. The number of benzene rings is 1. The molecule has 0 unspecified atom stereocenters. The summed E-state index contributed by atoms with van der Waals surface area (Å²) in [5.74, 6) is 1.78. The number of hydrogen-bond acceptors (Lipinski definition) is 5. The number of nitrogens with one attached hydrogen (secondary N) is 1. The molecule has 1 N–H and O–H groups in total. The van der Waals surface area contributed by atoms with Gasteiger partial charge in [0.1, 0.15) is 5.75 Å². The number of likely N-dealkylation sites (N-methyl/N-ethyl adjacent to an activating group) is 1. The number of carbonyl (C=O) groups is 1. The molecule has 0 fully saturated rings. The zero-order valence-electron chi connectivity index (χ0n) is 15.3. The minimum atomic E-state index is -0.0464. The largest absolute Gasteiger partial charge is 0.496 e. The molecule has 0 saturated carbocycles. The number of hydrogen-bond donors (Lipinski definition) is 1. The minimum absolute atomic E-state index is 0.0464. The SMILES string of the molecule is C=C(C)CN(CC)CC(=O)NCc1cc(OC)c(OC)cc1OC. The summed E-state index contributed by atoms with van der Waals surface area (Å²) < 4.78 is 15.9. The Bertz CT molecular complexity index is 572. The van der Waals surface area contributed by atoms with Crippen LogP contribution in [0.25, 0.3) is 0 Å². The molecule has 1 aromatic carbocycles. The van der Waals surface area contributed by atoms with Crippen LogP contribution in [0.3, 0.4) is 0 Å². The van der Waals surface area contributed by atoms with Crippen LogP contribution in [0, 0.1) is 0 Å². The molecule has 1 rings (SSSR count). The first-order chi connectivity index (χ1) is 11.4. The van der Waals surface area contributed by atoms with Crippen LogP contribution in [-0.4, -0.2) is 51.8 Å². The summed E-state index contributed by atoms with van der Waals surface area (Å²) in [4.78, 5) is 14.2. The second-order valence-electron chi connectivity index (χ2n) is 5.56. The van der Waals surface area contributed by atoms with Gasteiger partial charge in [-0.1, -0.05) is 19.1 Å². The average Bonchev–Trinajstić information content (AvgIpc) is 2.57. The summed E-state index contributed by atoms with van der Waals surface area (Å²) in [7, 11) is 4.72. The first-order valence-corrected chi connectivity index (χ1v) is 7.87. The molecule has 1 aromatic rings. The van der Waals surface area contributed by atoms with Crippen molar-refractivity contribution < 1.29 is 19.0 Å². The van der Waals surface area contributed by atoms with Gasteiger partial charge in [-0.2, -0.15) is 0 Å². The summed E-state index contributed by atoms with van der Waals surface area (Å²) in [6, 6.07) is 3.56. The Morgan fingerprint density at radius 2 is 1.67 bits per heavy atom. The van der Waals surface area contributed by atoms with E-state index in [4.69, 9.17) is 14.2 Å². The van der Waals surface area contributed by atoms with Crippen molar-refractivity contribution in [3.05, 3.63) is 29.8 Å². The van der Waals surface area contributed by atoms with Gasteiger partial charge in [0, 0.05) is 24.7 Å². The van der Waals surface area contributed by atoms with Gasteiger partial charge in [-0.25, -0.2) is 0 Å². The zero-order chi connectivity index (χ0) is 18.1. The maximum absolute atomic E-state index is 12.2. The van der Waals surface area contributed by atoms with Crippen molar-refractivity contribution >= 4 is 5.91 Å². The number of nitrogens with zero attached hydrogens (tertiary/aromatic N) is 1. The zero-order valence-corrected chi connectivity index (χ0v) is 15.3. The van der Waals surface area contributed by atoms with Crippen LogP contribution in [0.4, 0.5) is 0 Å². The van der Waals surface area contributed by atoms with Gasteiger partial charge in [-0.05, 0) is 19.5 Å². The van der Waals surface area contributed by atoms with E-state index in [1.165, 1.54) is 0 Å².